The van der Waals surface area contributed by atoms with Crippen molar-refractivity contribution in [2.75, 3.05) is 31.1 Å². The third-order valence-corrected chi connectivity index (χ3v) is 5.12. The maximum Gasteiger partial charge on any atom is 0.227 e. The number of halogens is 2. The van der Waals surface area contributed by atoms with Crippen molar-refractivity contribution < 1.29 is 13.6 Å². The topological polar surface area (TPSA) is 62.5 Å². The number of anilines is 1. The van der Waals surface area contributed by atoms with E-state index in [1.165, 1.54) is 12.1 Å². The lowest BCUT2D eigenvalue weighted by atomic mass is 10.1. The summed E-state index contributed by atoms with van der Waals surface area (Å²) >= 11 is 6.02. The molecule has 1 fully saturated rings. The van der Waals surface area contributed by atoms with Gasteiger partial charge in [0, 0.05) is 36.8 Å². The average Bonchev–Trinajstić information content (AvgIpc) is 3.26. The van der Waals surface area contributed by atoms with Crippen LogP contribution in [0, 0.1) is 5.82 Å². The lowest BCUT2D eigenvalue weighted by Crippen LogP contribution is -2.49. The minimum atomic E-state index is -0.452. The Morgan fingerprint density at radius 3 is 2.54 bits per heavy atom. The fourth-order valence-corrected chi connectivity index (χ4v) is 3.43. The molecule has 0 N–H and O–H groups in total. The van der Waals surface area contributed by atoms with E-state index in [9.17, 15) is 9.18 Å². The van der Waals surface area contributed by atoms with E-state index in [0.29, 0.717) is 37.6 Å². The second kappa shape index (κ2) is 7.98. The van der Waals surface area contributed by atoms with Crippen LogP contribution in [0.5, 0.6) is 0 Å². The van der Waals surface area contributed by atoms with Crippen LogP contribution in [0.3, 0.4) is 0 Å². The van der Waals surface area contributed by atoms with E-state index < -0.39 is 5.82 Å². The molecule has 4 rings (SSSR count). The number of rotatable bonds is 4. The molecule has 8 heteroatoms. The molecule has 0 saturated carbocycles. The minimum absolute atomic E-state index is 0.0385. The molecule has 0 spiro atoms. The Labute approximate surface area is 166 Å². The van der Waals surface area contributed by atoms with Gasteiger partial charge in [-0.2, -0.15) is 0 Å². The molecule has 0 unspecified atom stereocenters. The van der Waals surface area contributed by atoms with Gasteiger partial charge in [0.1, 0.15) is 11.5 Å². The van der Waals surface area contributed by atoms with Crippen LogP contribution in [-0.2, 0) is 11.2 Å². The minimum Gasteiger partial charge on any atom is -0.463 e. The molecule has 0 radical (unpaired) electrons. The lowest BCUT2D eigenvalue weighted by Gasteiger charge is -2.35. The first-order chi connectivity index (χ1) is 13.6. The van der Waals surface area contributed by atoms with Crippen molar-refractivity contribution in [2.24, 2.45) is 0 Å². The number of amides is 1. The number of benzene rings is 1. The van der Waals surface area contributed by atoms with Crippen molar-refractivity contribution >= 4 is 23.3 Å². The Kier molecular flexibility index (Phi) is 5.25. The fourth-order valence-electron chi connectivity index (χ4n) is 3.20. The SMILES string of the molecule is O=C(Cc1c(F)cccc1Cl)N1CCN(c2ccc(-c3ccco3)nn2)CC1. The average molecular weight is 401 g/mol. The molecule has 1 aliphatic heterocycles. The standard InChI is InChI=1S/C20H18ClFN4O2/c21-15-3-1-4-16(22)14(15)13-20(27)26-10-8-25(9-11-26)19-7-6-17(23-24-19)18-5-2-12-28-18/h1-7,12H,8-11,13H2. The first kappa shape index (κ1) is 18.4. The van der Waals surface area contributed by atoms with E-state index in [1.54, 1.807) is 23.3 Å². The summed E-state index contributed by atoms with van der Waals surface area (Å²) in [5.74, 6) is 0.832. The van der Waals surface area contributed by atoms with Crippen molar-refractivity contribution in [3.05, 3.63) is 65.1 Å². The molecule has 0 bridgehead atoms. The van der Waals surface area contributed by atoms with Crippen molar-refractivity contribution in [1.29, 1.82) is 0 Å². The molecule has 0 atom stereocenters. The summed E-state index contributed by atoms with van der Waals surface area (Å²) in [6.45, 7) is 2.33. The second-order valence-corrected chi connectivity index (χ2v) is 6.91. The summed E-state index contributed by atoms with van der Waals surface area (Å²) in [6, 6.07) is 11.8. The van der Waals surface area contributed by atoms with Crippen LogP contribution in [0.15, 0.2) is 53.1 Å². The highest BCUT2D eigenvalue weighted by Crippen LogP contribution is 2.22. The summed E-state index contributed by atoms with van der Waals surface area (Å²) in [5, 5.41) is 8.74. The normalized spacial score (nSPS) is 14.4. The molecule has 144 valence electrons. The van der Waals surface area contributed by atoms with Crippen LogP contribution in [0.1, 0.15) is 5.56 Å². The molecule has 6 nitrogen and oxygen atoms in total. The van der Waals surface area contributed by atoms with Crippen LogP contribution in [-0.4, -0.2) is 47.2 Å². The number of aromatic nitrogens is 2. The fraction of sp³-hybridized carbons (Fsp3) is 0.250. The van der Waals surface area contributed by atoms with Crippen molar-refractivity contribution in [1.82, 2.24) is 15.1 Å². The van der Waals surface area contributed by atoms with Gasteiger partial charge in [-0.3, -0.25) is 4.79 Å². The summed E-state index contributed by atoms with van der Waals surface area (Å²) in [5.41, 5.74) is 0.917. The predicted octanol–water partition coefficient (Wildman–Crippen LogP) is 3.42. The van der Waals surface area contributed by atoms with E-state index in [2.05, 4.69) is 15.1 Å². The van der Waals surface area contributed by atoms with Crippen LogP contribution in [0.4, 0.5) is 10.2 Å². The third kappa shape index (κ3) is 3.84. The van der Waals surface area contributed by atoms with Gasteiger partial charge in [0.25, 0.3) is 0 Å². The molecule has 1 amide bonds. The van der Waals surface area contributed by atoms with E-state index in [-0.39, 0.29) is 22.9 Å². The zero-order valence-corrected chi connectivity index (χ0v) is 15.8. The highest BCUT2D eigenvalue weighted by molar-refractivity contribution is 6.31. The summed E-state index contributed by atoms with van der Waals surface area (Å²) in [4.78, 5) is 16.3. The molecule has 3 aromatic rings. The van der Waals surface area contributed by atoms with Gasteiger partial charge in [0.2, 0.25) is 5.91 Å². The monoisotopic (exact) mass is 400 g/mol. The molecular formula is C20H18ClFN4O2. The zero-order valence-electron chi connectivity index (χ0n) is 15.0. The predicted molar refractivity (Wildman–Crippen MR) is 104 cm³/mol. The number of hydrogen-bond acceptors (Lipinski definition) is 5. The van der Waals surface area contributed by atoms with Gasteiger partial charge < -0.3 is 14.2 Å². The van der Waals surface area contributed by atoms with Crippen molar-refractivity contribution in [2.45, 2.75) is 6.42 Å². The Bertz CT molecular complexity index is 935. The van der Waals surface area contributed by atoms with Crippen molar-refractivity contribution in [3.63, 3.8) is 0 Å². The number of furan rings is 1. The van der Waals surface area contributed by atoms with Gasteiger partial charge in [-0.1, -0.05) is 17.7 Å². The Balaban J connectivity index is 1.36. The highest BCUT2D eigenvalue weighted by atomic mass is 35.5. The third-order valence-electron chi connectivity index (χ3n) is 4.77. The molecule has 1 aromatic carbocycles. The van der Waals surface area contributed by atoms with Gasteiger partial charge in [-0.05, 0) is 36.4 Å². The summed E-state index contributed by atoms with van der Waals surface area (Å²) in [7, 11) is 0. The first-order valence-electron chi connectivity index (χ1n) is 8.95. The molecule has 1 aliphatic rings. The Morgan fingerprint density at radius 2 is 1.89 bits per heavy atom. The molecule has 28 heavy (non-hydrogen) atoms. The molecular weight excluding hydrogens is 383 g/mol. The van der Waals surface area contributed by atoms with Crippen LogP contribution < -0.4 is 4.90 Å². The quantitative estimate of drug-likeness (QED) is 0.671. The summed E-state index contributed by atoms with van der Waals surface area (Å²) in [6.07, 6.45) is 1.55. The first-order valence-corrected chi connectivity index (χ1v) is 9.33. The molecule has 2 aromatic heterocycles. The molecule has 3 heterocycles. The van der Waals surface area contributed by atoms with Crippen molar-refractivity contribution in [3.8, 4) is 11.5 Å². The Hall–Kier alpha value is -2.93. The van der Waals surface area contributed by atoms with Gasteiger partial charge >= 0.3 is 0 Å². The van der Waals surface area contributed by atoms with E-state index in [0.717, 1.165) is 5.82 Å². The number of carbonyl (C=O) groups is 1. The van der Waals surface area contributed by atoms with E-state index in [1.807, 2.05) is 18.2 Å². The number of nitrogens with zero attached hydrogens (tertiary/aromatic N) is 4. The highest BCUT2D eigenvalue weighted by Gasteiger charge is 2.23. The molecule has 1 saturated heterocycles. The number of carbonyl (C=O) groups excluding carboxylic acids is 1. The maximum absolute atomic E-state index is 13.9. The largest absolute Gasteiger partial charge is 0.463 e. The molecule has 0 aliphatic carbocycles. The smallest absolute Gasteiger partial charge is 0.227 e. The van der Waals surface area contributed by atoms with Crippen LogP contribution in [0.25, 0.3) is 11.5 Å². The van der Waals surface area contributed by atoms with Gasteiger partial charge in [0.15, 0.2) is 11.6 Å². The number of hydrogen-bond donors (Lipinski definition) is 0. The van der Waals surface area contributed by atoms with E-state index >= 15 is 0 Å². The maximum atomic E-state index is 13.9. The van der Waals surface area contributed by atoms with E-state index in [4.69, 9.17) is 16.0 Å². The van der Waals surface area contributed by atoms with Crippen LogP contribution >= 0.6 is 11.6 Å². The second-order valence-electron chi connectivity index (χ2n) is 6.50. The van der Waals surface area contributed by atoms with Gasteiger partial charge in [-0.25, -0.2) is 4.39 Å². The zero-order chi connectivity index (χ0) is 19.5. The Morgan fingerprint density at radius 1 is 1.07 bits per heavy atom. The summed E-state index contributed by atoms with van der Waals surface area (Å²) < 4.78 is 19.2. The van der Waals surface area contributed by atoms with Gasteiger partial charge in [0.05, 0.1) is 12.7 Å². The number of piperazine rings is 1. The van der Waals surface area contributed by atoms with Crippen LogP contribution in [0.2, 0.25) is 5.02 Å². The van der Waals surface area contributed by atoms with Gasteiger partial charge in [-0.15, -0.1) is 10.2 Å². The lowest BCUT2D eigenvalue weighted by molar-refractivity contribution is -0.130.